The Balaban J connectivity index is 3.70. The van der Waals surface area contributed by atoms with Gasteiger partial charge in [-0.25, -0.2) is 4.39 Å². The number of rotatable bonds is 6. The predicted molar refractivity (Wildman–Crippen MR) is 66.7 cm³/mol. The number of carbonyl (C=O) groups is 2. The highest BCUT2D eigenvalue weighted by atomic mass is 19.1. The fourth-order valence-electron chi connectivity index (χ4n) is 1.87. The summed E-state index contributed by atoms with van der Waals surface area (Å²) in [5.74, 6) is -5.84. The Morgan fingerprint density at radius 1 is 1.27 bits per heavy atom. The van der Waals surface area contributed by atoms with Crippen molar-refractivity contribution >= 4 is 23.3 Å². The van der Waals surface area contributed by atoms with E-state index in [1.165, 1.54) is 0 Å². The van der Waals surface area contributed by atoms with Gasteiger partial charge >= 0.3 is 11.9 Å². The summed E-state index contributed by atoms with van der Waals surface area (Å²) in [4.78, 5) is 42.1. The summed E-state index contributed by atoms with van der Waals surface area (Å²) in [5, 5.41) is 30.7. The number of ether oxygens (including phenoxy) is 1. The highest BCUT2D eigenvalue weighted by molar-refractivity contribution is 5.86. The number of benzene rings is 1. The average molecular weight is 316 g/mol. The monoisotopic (exact) mass is 316 g/mol. The topological polar surface area (TPSA) is 150 Å². The van der Waals surface area contributed by atoms with Crippen molar-refractivity contribution < 1.29 is 33.7 Å². The van der Waals surface area contributed by atoms with Crippen LogP contribution >= 0.6 is 0 Å². The number of esters is 1. The van der Waals surface area contributed by atoms with Crippen LogP contribution in [0.5, 0.6) is 0 Å². The van der Waals surface area contributed by atoms with Crippen LogP contribution in [0.4, 0.5) is 15.8 Å². The third kappa shape index (κ3) is 3.50. The van der Waals surface area contributed by atoms with Gasteiger partial charge in [0.2, 0.25) is 0 Å². The molecule has 0 radical (unpaired) electrons. The lowest BCUT2D eigenvalue weighted by Gasteiger charge is -2.13. The zero-order chi connectivity index (χ0) is 17.0. The predicted octanol–water partition coefficient (Wildman–Crippen LogP) is 1.37. The second kappa shape index (κ2) is 6.56. The van der Waals surface area contributed by atoms with Crippen molar-refractivity contribution in [3.63, 3.8) is 0 Å². The molecule has 0 amide bonds. The molecule has 0 spiro atoms. The molecule has 0 aliphatic heterocycles. The molecule has 0 saturated carbocycles. The summed E-state index contributed by atoms with van der Waals surface area (Å²) in [6.07, 6.45) is -0.986. The van der Waals surface area contributed by atoms with Crippen LogP contribution in [-0.4, -0.2) is 34.0 Å². The van der Waals surface area contributed by atoms with E-state index in [-0.39, 0.29) is 0 Å². The normalized spacial score (nSPS) is 11.5. The van der Waals surface area contributed by atoms with Crippen LogP contribution in [0.3, 0.4) is 0 Å². The van der Waals surface area contributed by atoms with E-state index in [4.69, 9.17) is 5.11 Å². The first-order valence-electron chi connectivity index (χ1n) is 5.60. The minimum absolute atomic E-state index is 0.375. The molecule has 1 unspecified atom stereocenters. The van der Waals surface area contributed by atoms with Crippen LogP contribution in [0.25, 0.3) is 0 Å². The molecule has 1 atom stereocenters. The third-order valence-corrected chi connectivity index (χ3v) is 2.71. The van der Waals surface area contributed by atoms with E-state index in [9.17, 15) is 34.2 Å². The maximum Gasteiger partial charge on any atom is 0.314 e. The Labute approximate surface area is 121 Å². The van der Waals surface area contributed by atoms with Gasteiger partial charge in [-0.3, -0.25) is 29.8 Å². The van der Waals surface area contributed by atoms with Crippen LogP contribution in [0.2, 0.25) is 0 Å². The van der Waals surface area contributed by atoms with Crippen LogP contribution in [0.15, 0.2) is 12.1 Å². The fraction of sp³-hybridized carbons (Fsp3) is 0.273. The minimum atomic E-state index is -1.82. The molecule has 1 aromatic carbocycles. The molecule has 0 fully saturated rings. The van der Waals surface area contributed by atoms with Crippen molar-refractivity contribution in [2.45, 2.75) is 12.3 Å². The first kappa shape index (κ1) is 16.9. The van der Waals surface area contributed by atoms with Crippen molar-refractivity contribution in [3.05, 3.63) is 43.7 Å². The molecule has 1 rings (SSSR count). The fourth-order valence-corrected chi connectivity index (χ4v) is 1.87. The summed E-state index contributed by atoms with van der Waals surface area (Å²) in [6, 6.07) is 0.750. The van der Waals surface area contributed by atoms with Crippen LogP contribution in [-0.2, 0) is 14.3 Å². The minimum Gasteiger partial charge on any atom is -0.481 e. The van der Waals surface area contributed by atoms with Gasteiger partial charge in [-0.15, -0.1) is 0 Å². The molecule has 0 aliphatic carbocycles. The van der Waals surface area contributed by atoms with Crippen LogP contribution in [0.1, 0.15) is 17.9 Å². The van der Waals surface area contributed by atoms with Crippen molar-refractivity contribution in [1.29, 1.82) is 0 Å². The van der Waals surface area contributed by atoms with E-state index in [2.05, 4.69) is 4.74 Å². The molecule has 0 heterocycles. The molecular formula is C11H9FN2O8. The Hall–Kier alpha value is -3.11. The van der Waals surface area contributed by atoms with Crippen molar-refractivity contribution in [3.8, 4) is 0 Å². The molecule has 118 valence electrons. The van der Waals surface area contributed by atoms with Crippen molar-refractivity contribution in [1.82, 2.24) is 0 Å². The van der Waals surface area contributed by atoms with Gasteiger partial charge in [0.25, 0.3) is 11.4 Å². The smallest absolute Gasteiger partial charge is 0.314 e. The third-order valence-electron chi connectivity index (χ3n) is 2.71. The summed E-state index contributed by atoms with van der Waals surface area (Å²) in [5.41, 5.74) is -2.95. The number of hydrogen-bond donors (Lipinski definition) is 1. The first-order valence-corrected chi connectivity index (χ1v) is 5.60. The van der Waals surface area contributed by atoms with Gasteiger partial charge in [-0.2, -0.15) is 0 Å². The number of nitro benzene ring substituents is 2. The van der Waals surface area contributed by atoms with Gasteiger partial charge < -0.3 is 9.84 Å². The lowest BCUT2D eigenvalue weighted by Crippen LogP contribution is -2.20. The molecule has 11 heteroatoms. The number of nitro groups is 2. The van der Waals surface area contributed by atoms with Gasteiger partial charge in [0.05, 0.1) is 35.5 Å². The number of carboxylic acids is 1. The molecular weight excluding hydrogens is 307 g/mol. The first-order chi connectivity index (χ1) is 10.2. The maximum absolute atomic E-state index is 13.3. The van der Waals surface area contributed by atoms with E-state index < -0.39 is 56.9 Å². The van der Waals surface area contributed by atoms with E-state index in [0.29, 0.717) is 12.1 Å². The maximum atomic E-state index is 13.3. The highest BCUT2D eigenvalue weighted by Crippen LogP contribution is 2.38. The van der Waals surface area contributed by atoms with Crippen molar-refractivity contribution in [2.75, 3.05) is 7.11 Å². The number of carboxylic acid groups (broad SMARTS) is 1. The molecule has 22 heavy (non-hydrogen) atoms. The number of carbonyl (C=O) groups excluding carboxylic acids is 1. The second-order valence-corrected chi connectivity index (χ2v) is 4.05. The largest absolute Gasteiger partial charge is 0.481 e. The van der Waals surface area contributed by atoms with Gasteiger partial charge in [-0.1, -0.05) is 0 Å². The Kier molecular flexibility index (Phi) is 5.05. The zero-order valence-corrected chi connectivity index (χ0v) is 11.0. The highest BCUT2D eigenvalue weighted by Gasteiger charge is 2.38. The molecule has 10 nitrogen and oxygen atoms in total. The van der Waals surface area contributed by atoms with Gasteiger partial charge in [0.15, 0.2) is 0 Å². The Morgan fingerprint density at radius 3 is 2.05 bits per heavy atom. The molecule has 0 aromatic heterocycles. The standard InChI is InChI=1S/C11H9FN2O8/c1-22-11(17)6(4-9(15)16)10-7(13(18)19)2-5(12)3-8(10)14(20)21/h2-3,6H,4H2,1H3,(H,15,16). The van der Waals surface area contributed by atoms with Crippen LogP contribution in [0, 0.1) is 26.0 Å². The Morgan fingerprint density at radius 2 is 1.73 bits per heavy atom. The van der Waals surface area contributed by atoms with Crippen molar-refractivity contribution in [2.24, 2.45) is 0 Å². The number of aliphatic carboxylic acids is 1. The van der Waals surface area contributed by atoms with E-state index >= 15 is 0 Å². The SMILES string of the molecule is COC(=O)C(CC(=O)O)c1c([N+](=O)[O-])cc(F)cc1[N+](=O)[O-]. The van der Waals surface area contributed by atoms with E-state index in [1.54, 1.807) is 0 Å². The molecule has 0 bridgehead atoms. The molecule has 1 aromatic rings. The Bertz CT molecular complexity index is 624. The lowest BCUT2D eigenvalue weighted by molar-refractivity contribution is -0.396. The molecule has 0 aliphatic rings. The van der Waals surface area contributed by atoms with Gasteiger partial charge in [-0.05, 0) is 0 Å². The molecule has 0 saturated heterocycles. The second-order valence-electron chi connectivity index (χ2n) is 4.05. The summed E-state index contributed by atoms with van der Waals surface area (Å²) < 4.78 is 17.6. The number of hydrogen-bond acceptors (Lipinski definition) is 7. The quantitative estimate of drug-likeness (QED) is 0.469. The van der Waals surface area contributed by atoms with Crippen LogP contribution < -0.4 is 0 Å². The van der Waals surface area contributed by atoms with Gasteiger partial charge in [0.1, 0.15) is 17.3 Å². The molecule has 1 N–H and O–H groups in total. The van der Waals surface area contributed by atoms with E-state index in [0.717, 1.165) is 7.11 Å². The lowest BCUT2D eigenvalue weighted by atomic mass is 9.92. The summed E-state index contributed by atoms with van der Waals surface area (Å²) >= 11 is 0. The van der Waals surface area contributed by atoms with E-state index in [1.807, 2.05) is 0 Å². The summed E-state index contributed by atoms with van der Waals surface area (Å²) in [6.45, 7) is 0. The van der Waals surface area contributed by atoms with Gasteiger partial charge in [0, 0.05) is 0 Å². The number of halogens is 1. The summed E-state index contributed by atoms with van der Waals surface area (Å²) in [7, 11) is 0.887. The average Bonchev–Trinajstić information content (AvgIpc) is 2.42. The number of nitrogens with zero attached hydrogens (tertiary/aromatic N) is 2. The number of methoxy groups -OCH3 is 1. The zero-order valence-electron chi connectivity index (χ0n) is 11.0.